The predicted molar refractivity (Wildman–Crippen MR) is 103 cm³/mol. The second kappa shape index (κ2) is 8.02. The molecule has 0 unspecified atom stereocenters. The molecule has 1 amide bonds. The van der Waals surface area contributed by atoms with E-state index in [0.717, 1.165) is 25.6 Å². The van der Waals surface area contributed by atoms with Gasteiger partial charge in [-0.05, 0) is 36.4 Å². The van der Waals surface area contributed by atoms with Crippen molar-refractivity contribution in [1.82, 2.24) is 4.98 Å². The van der Waals surface area contributed by atoms with Crippen molar-refractivity contribution < 1.29 is 9.53 Å². The van der Waals surface area contributed by atoms with Crippen molar-refractivity contribution in [3.05, 3.63) is 46.1 Å². The topological polar surface area (TPSA) is 51.2 Å². The minimum Gasteiger partial charge on any atom is -0.497 e. The van der Waals surface area contributed by atoms with Crippen molar-refractivity contribution in [1.29, 1.82) is 0 Å². The summed E-state index contributed by atoms with van der Waals surface area (Å²) in [4.78, 5) is 18.5. The van der Waals surface area contributed by atoms with Crippen LogP contribution >= 0.6 is 46.0 Å². The van der Waals surface area contributed by atoms with Gasteiger partial charge in [-0.25, -0.2) is 4.98 Å². The van der Waals surface area contributed by atoms with Crippen LogP contribution in [0.3, 0.4) is 0 Å². The number of anilines is 1. The zero-order chi connectivity index (χ0) is 16.9. The molecule has 4 nitrogen and oxygen atoms in total. The number of ether oxygens (including phenoxy) is 1. The first kappa shape index (κ1) is 17.3. The quantitative estimate of drug-likeness (QED) is 0.577. The Labute approximate surface area is 156 Å². The molecule has 0 saturated carbocycles. The maximum absolute atomic E-state index is 12.1. The number of nitrogens with zero attached hydrogens (tertiary/aromatic N) is 1. The third-order valence-electron chi connectivity index (χ3n) is 3.01. The summed E-state index contributed by atoms with van der Waals surface area (Å²) in [6.45, 7) is 0. The summed E-state index contributed by atoms with van der Waals surface area (Å²) in [6, 6.07) is 11.4. The van der Waals surface area contributed by atoms with Gasteiger partial charge in [-0.15, -0.1) is 34.4 Å². The third kappa shape index (κ3) is 4.51. The largest absolute Gasteiger partial charge is 0.497 e. The summed E-state index contributed by atoms with van der Waals surface area (Å²) in [5, 5.41) is 5.33. The van der Waals surface area contributed by atoms with E-state index in [9.17, 15) is 4.79 Å². The van der Waals surface area contributed by atoms with Crippen LogP contribution in [0.4, 0.5) is 5.13 Å². The Kier molecular flexibility index (Phi) is 5.78. The molecule has 8 heteroatoms. The van der Waals surface area contributed by atoms with Crippen LogP contribution in [0.25, 0.3) is 10.6 Å². The Balaban J connectivity index is 1.54. The van der Waals surface area contributed by atoms with Crippen molar-refractivity contribution in [2.24, 2.45) is 0 Å². The van der Waals surface area contributed by atoms with E-state index in [-0.39, 0.29) is 5.91 Å². The number of aromatic nitrogens is 1. The van der Waals surface area contributed by atoms with E-state index >= 15 is 0 Å². The van der Waals surface area contributed by atoms with E-state index in [0.29, 0.717) is 10.9 Å². The number of amides is 1. The maximum Gasteiger partial charge on any atom is 0.236 e. The van der Waals surface area contributed by atoms with Crippen LogP contribution in [0, 0.1) is 0 Å². The highest BCUT2D eigenvalue weighted by Crippen LogP contribution is 2.33. The van der Waals surface area contributed by atoms with Gasteiger partial charge in [0.25, 0.3) is 0 Å². The Bertz CT molecular complexity index is 830. The number of nitrogens with one attached hydrogen (secondary N) is 1. The van der Waals surface area contributed by atoms with Crippen molar-refractivity contribution in [3.8, 4) is 16.3 Å². The molecule has 0 saturated heterocycles. The molecule has 2 heterocycles. The lowest BCUT2D eigenvalue weighted by Gasteiger charge is -2.03. The number of thiazole rings is 1. The molecule has 2 aromatic heterocycles. The highest BCUT2D eigenvalue weighted by Gasteiger charge is 2.10. The van der Waals surface area contributed by atoms with Crippen LogP contribution in [-0.2, 0) is 4.79 Å². The number of benzene rings is 1. The maximum atomic E-state index is 12.1. The number of methoxy groups -OCH3 is 1. The lowest BCUT2D eigenvalue weighted by atomic mass is 10.3. The molecule has 0 bridgehead atoms. The SMILES string of the molecule is COc1ccc(SCC(=O)Nc2nc(-c3ccc(Cl)s3)cs2)cc1. The Morgan fingerprint density at radius 2 is 2.08 bits per heavy atom. The zero-order valence-electron chi connectivity index (χ0n) is 12.6. The van der Waals surface area contributed by atoms with E-state index in [1.807, 2.05) is 41.8 Å². The van der Waals surface area contributed by atoms with Gasteiger partial charge in [0.1, 0.15) is 5.75 Å². The van der Waals surface area contributed by atoms with Crippen molar-refractivity contribution in [3.63, 3.8) is 0 Å². The molecule has 0 aliphatic rings. The summed E-state index contributed by atoms with van der Waals surface area (Å²) in [5.41, 5.74) is 0.829. The van der Waals surface area contributed by atoms with Crippen molar-refractivity contribution >= 4 is 57.1 Å². The molecule has 124 valence electrons. The fourth-order valence-corrected chi connectivity index (χ4v) is 4.38. The average molecular weight is 397 g/mol. The number of hydrogen-bond donors (Lipinski definition) is 1. The minimum atomic E-state index is -0.0825. The Hall–Kier alpha value is -1.54. The van der Waals surface area contributed by atoms with E-state index < -0.39 is 0 Å². The fourth-order valence-electron chi connectivity index (χ4n) is 1.87. The number of thioether (sulfide) groups is 1. The van der Waals surface area contributed by atoms with Gasteiger partial charge >= 0.3 is 0 Å². The zero-order valence-corrected chi connectivity index (χ0v) is 15.8. The number of rotatable bonds is 6. The lowest BCUT2D eigenvalue weighted by molar-refractivity contribution is -0.113. The molecule has 3 rings (SSSR count). The van der Waals surface area contributed by atoms with Gasteiger partial charge in [0.05, 0.1) is 27.8 Å². The van der Waals surface area contributed by atoms with Crippen LogP contribution < -0.4 is 10.1 Å². The van der Waals surface area contributed by atoms with Gasteiger partial charge in [0.15, 0.2) is 5.13 Å². The number of carbonyl (C=O) groups excluding carboxylic acids is 1. The smallest absolute Gasteiger partial charge is 0.236 e. The second-order valence-electron chi connectivity index (χ2n) is 4.65. The highest BCUT2D eigenvalue weighted by molar-refractivity contribution is 8.00. The van der Waals surface area contributed by atoms with Crippen molar-refractivity contribution in [2.45, 2.75) is 4.90 Å². The number of carbonyl (C=O) groups is 1. The molecule has 1 aromatic carbocycles. The third-order valence-corrected chi connectivity index (χ3v) is 6.03. The van der Waals surface area contributed by atoms with Gasteiger partial charge in [0.2, 0.25) is 5.91 Å². The van der Waals surface area contributed by atoms with Gasteiger partial charge in [-0.2, -0.15) is 0 Å². The van der Waals surface area contributed by atoms with Crippen LogP contribution in [-0.4, -0.2) is 23.8 Å². The fraction of sp³-hybridized carbons (Fsp3) is 0.125. The molecule has 3 aromatic rings. The first-order valence-electron chi connectivity index (χ1n) is 6.92. The van der Waals surface area contributed by atoms with E-state index in [1.165, 1.54) is 34.4 Å². The molecular formula is C16H13ClN2O2S3. The summed E-state index contributed by atoms with van der Waals surface area (Å²) in [7, 11) is 1.63. The molecular weight excluding hydrogens is 384 g/mol. The normalized spacial score (nSPS) is 10.6. The predicted octanol–water partition coefficient (Wildman–Crippen LogP) is 5.26. The first-order valence-corrected chi connectivity index (χ1v) is 9.98. The standard InChI is InChI=1S/C16H13ClN2O2S3/c1-21-10-2-4-11(5-3-10)22-9-15(20)19-16-18-12(8-23-16)13-6-7-14(17)24-13/h2-8H,9H2,1H3,(H,18,19,20). The number of thiophene rings is 1. The number of halogens is 1. The summed E-state index contributed by atoms with van der Waals surface area (Å²) >= 11 is 10.3. The molecule has 0 radical (unpaired) electrons. The monoisotopic (exact) mass is 396 g/mol. The first-order chi connectivity index (χ1) is 11.6. The summed E-state index contributed by atoms with van der Waals surface area (Å²) < 4.78 is 5.83. The number of hydrogen-bond acceptors (Lipinski definition) is 6. The summed E-state index contributed by atoms with van der Waals surface area (Å²) in [5.74, 6) is 1.04. The molecule has 24 heavy (non-hydrogen) atoms. The molecule has 0 aliphatic heterocycles. The second-order valence-corrected chi connectivity index (χ2v) is 8.28. The molecule has 0 aliphatic carbocycles. The van der Waals surface area contributed by atoms with Gasteiger partial charge in [0, 0.05) is 10.3 Å². The molecule has 0 atom stereocenters. The summed E-state index contributed by atoms with van der Waals surface area (Å²) in [6.07, 6.45) is 0. The van der Waals surface area contributed by atoms with Crippen molar-refractivity contribution in [2.75, 3.05) is 18.2 Å². The minimum absolute atomic E-state index is 0.0825. The lowest BCUT2D eigenvalue weighted by Crippen LogP contribution is -2.13. The van der Waals surface area contributed by atoms with Crippen LogP contribution in [0.5, 0.6) is 5.75 Å². The van der Waals surface area contributed by atoms with Crippen LogP contribution in [0.2, 0.25) is 4.34 Å². The molecule has 0 spiro atoms. The highest BCUT2D eigenvalue weighted by atomic mass is 35.5. The van der Waals surface area contributed by atoms with E-state index in [4.69, 9.17) is 16.3 Å². The van der Waals surface area contributed by atoms with Crippen LogP contribution in [0.1, 0.15) is 0 Å². The van der Waals surface area contributed by atoms with E-state index in [2.05, 4.69) is 10.3 Å². The van der Waals surface area contributed by atoms with Gasteiger partial charge < -0.3 is 10.1 Å². The van der Waals surface area contributed by atoms with E-state index in [1.54, 1.807) is 7.11 Å². The van der Waals surface area contributed by atoms with Gasteiger partial charge in [-0.1, -0.05) is 11.6 Å². The Morgan fingerprint density at radius 3 is 2.75 bits per heavy atom. The average Bonchev–Trinajstić information content (AvgIpc) is 3.22. The Morgan fingerprint density at radius 1 is 1.29 bits per heavy atom. The van der Waals surface area contributed by atoms with Crippen LogP contribution in [0.15, 0.2) is 46.7 Å². The molecule has 1 N–H and O–H groups in total. The molecule has 0 fully saturated rings. The van der Waals surface area contributed by atoms with Gasteiger partial charge in [-0.3, -0.25) is 4.79 Å².